The minimum Gasteiger partial charge on any atom is -0.508 e. The third kappa shape index (κ3) is 15.6. The number of rotatable bonds is 22. The number of phenols is 1. The molecule has 18 nitrogen and oxygen atoms in total. The van der Waals surface area contributed by atoms with Gasteiger partial charge >= 0.3 is 5.97 Å². The van der Waals surface area contributed by atoms with E-state index in [1.165, 1.54) is 32.9 Å². The Labute approximate surface area is 313 Å². The standard InChI is InChI=1S/C36H52N8O10/c1-20(41-35(52)30(22(3)45)44-33(50)26(38)17-24-12-14-25(46)15-13-24)31(48)39-19-29(47)40-21(2)32(49)43-28(18-23-9-5-4-6-10-23)34(51)42-27(36(53)54)11-7-8-16-37/h4-6,9-10,12-15,20-22,26-28,30,45-46H,7-8,11,16-19,37-38H2,1-3H3,(H,39,48)(H,40,47)(H,41,52)(H,42,51)(H,43,49)(H,44,50)(H,53,54)/t20-,21-,22+,26-,27-,28-,30-/m0/s1. The Balaban J connectivity index is 1.93. The largest absolute Gasteiger partial charge is 0.508 e. The van der Waals surface area contributed by atoms with Gasteiger partial charge in [0.2, 0.25) is 35.4 Å². The number of aliphatic hydroxyl groups excluding tert-OH is 1. The van der Waals surface area contributed by atoms with Crippen LogP contribution >= 0.6 is 0 Å². The lowest BCUT2D eigenvalue weighted by Gasteiger charge is -2.24. The molecule has 0 unspecified atom stereocenters. The number of unbranched alkanes of at least 4 members (excludes halogenated alkanes) is 1. The second kappa shape index (κ2) is 22.5. The average Bonchev–Trinajstić information content (AvgIpc) is 3.12. The molecule has 2 aromatic carbocycles. The summed E-state index contributed by atoms with van der Waals surface area (Å²) in [4.78, 5) is 89.0. The van der Waals surface area contributed by atoms with Crippen LogP contribution in [0.2, 0.25) is 0 Å². The van der Waals surface area contributed by atoms with Crippen LogP contribution < -0.4 is 43.4 Å². The monoisotopic (exact) mass is 756 g/mol. The number of aromatic hydroxyl groups is 1. The summed E-state index contributed by atoms with van der Waals surface area (Å²) in [6.07, 6.45) is -0.0950. The first kappa shape index (κ1) is 44.6. The van der Waals surface area contributed by atoms with E-state index in [1.54, 1.807) is 42.5 Å². The van der Waals surface area contributed by atoms with Crippen LogP contribution in [0.4, 0.5) is 0 Å². The number of aliphatic hydroxyl groups is 1. The molecule has 0 spiro atoms. The summed E-state index contributed by atoms with van der Waals surface area (Å²) in [5.74, 6) is -5.91. The topological polar surface area (TPSA) is 304 Å². The van der Waals surface area contributed by atoms with E-state index in [1.807, 2.05) is 0 Å². The third-order valence-corrected chi connectivity index (χ3v) is 8.21. The number of nitrogens with one attached hydrogen (secondary N) is 6. The van der Waals surface area contributed by atoms with Crippen molar-refractivity contribution in [1.29, 1.82) is 0 Å². The van der Waals surface area contributed by atoms with Gasteiger partial charge in [-0.05, 0) is 76.3 Å². The maximum atomic E-state index is 13.2. The average molecular weight is 757 g/mol. The quantitative estimate of drug-likeness (QED) is 0.0565. The molecule has 0 saturated carbocycles. The molecule has 296 valence electrons. The normalized spacial score (nSPS) is 14.8. The molecule has 18 heteroatoms. The summed E-state index contributed by atoms with van der Waals surface area (Å²) in [7, 11) is 0. The minimum absolute atomic E-state index is 0.0279. The molecule has 0 aromatic heterocycles. The van der Waals surface area contributed by atoms with E-state index in [0.717, 1.165) is 0 Å². The Morgan fingerprint density at radius 1 is 0.667 bits per heavy atom. The van der Waals surface area contributed by atoms with Crippen LogP contribution in [0.15, 0.2) is 54.6 Å². The fraction of sp³-hybridized carbons (Fsp3) is 0.472. The Kier molecular flexibility index (Phi) is 18.5. The molecule has 0 aliphatic heterocycles. The molecule has 0 bridgehead atoms. The Morgan fingerprint density at radius 2 is 1.26 bits per heavy atom. The summed E-state index contributed by atoms with van der Waals surface area (Å²) in [5.41, 5.74) is 12.8. The van der Waals surface area contributed by atoms with Crippen LogP contribution in [0.1, 0.15) is 51.2 Å². The van der Waals surface area contributed by atoms with E-state index >= 15 is 0 Å². The van der Waals surface area contributed by atoms with Gasteiger partial charge in [-0.1, -0.05) is 42.5 Å². The molecular weight excluding hydrogens is 704 g/mol. The lowest BCUT2D eigenvalue weighted by atomic mass is 10.0. The van der Waals surface area contributed by atoms with Gasteiger partial charge in [0.05, 0.1) is 18.7 Å². The zero-order valence-corrected chi connectivity index (χ0v) is 30.5. The first-order valence-electron chi connectivity index (χ1n) is 17.5. The molecule has 7 atom stereocenters. The van der Waals surface area contributed by atoms with Gasteiger partial charge in [0.25, 0.3) is 0 Å². The molecule has 0 heterocycles. The van der Waals surface area contributed by atoms with Crippen molar-refractivity contribution in [2.75, 3.05) is 13.1 Å². The SMILES string of the molecule is C[C@H](NC(=O)CNC(=O)[C@H](C)NC(=O)[C@@H](NC(=O)[C@@H](N)Cc1ccc(O)cc1)[C@@H](C)O)C(=O)N[C@@H](Cc1ccccc1)C(=O)N[C@@H](CCCCN)C(=O)O. The van der Waals surface area contributed by atoms with Gasteiger partial charge < -0.3 is 58.7 Å². The summed E-state index contributed by atoms with van der Waals surface area (Å²) in [6, 6.07) is 7.36. The molecule has 0 radical (unpaired) electrons. The fourth-order valence-corrected chi connectivity index (χ4v) is 5.07. The van der Waals surface area contributed by atoms with Crippen molar-refractivity contribution >= 4 is 41.4 Å². The highest BCUT2D eigenvalue weighted by molar-refractivity contribution is 5.96. The maximum absolute atomic E-state index is 13.2. The van der Waals surface area contributed by atoms with Gasteiger partial charge in [0, 0.05) is 6.42 Å². The summed E-state index contributed by atoms with van der Waals surface area (Å²) in [6.45, 7) is 3.68. The number of phenolic OH excluding ortho intramolecular Hbond substituents is 1. The first-order chi connectivity index (χ1) is 25.5. The number of amides is 6. The molecule has 0 aliphatic carbocycles. The minimum atomic E-state index is -1.47. The molecule has 2 rings (SSSR count). The Morgan fingerprint density at radius 3 is 1.85 bits per heavy atom. The van der Waals surface area contributed by atoms with E-state index in [9.17, 15) is 48.9 Å². The van der Waals surface area contributed by atoms with Crippen LogP contribution in [0, 0.1) is 0 Å². The van der Waals surface area contributed by atoms with Crippen molar-refractivity contribution in [3.8, 4) is 5.75 Å². The fourth-order valence-electron chi connectivity index (χ4n) is 5.07. The van der Waals surface area contributed by atoms with Crippen molar-refractivity contribution in [3.05, 3.63) is 65.7 Å². The van der Waals surface area contributed by atoms with Crippen molar-refractivity contribution in [2.24, 2.45) is 11.5 Å². The van der Waals surface area contributed by atoms with Crippen molar-refractivity contribution in [1.82, 2.24) is 31.9 Å². The molecule has 0 saturated heterocycles. The second-order valence-electron chi connectivity index (χ2n) is 12.9. The van der Waals surface area contributed by atoms with E-state index in [-0.39, 0.29) is 25.0 Å². The van der Waals surface area contributed by atoms with Crippen LogP contribution in [0.5, 0.6) is 5.75 Å². The van der Waals surface area contributed by atoms with Crippen molar-refractivity contribution in [2.45, 2.75) is 95.2 Å². The molecular formula is C36H52N8O10. The summed E-state index contributed by atoms with van der Waals surface area (Å²) in [5, 5.41) is 43.7. The van der Waals surface area contributed by atoms with Gasteiger partial charge in [-0.25, -0.2) is 4.79 Å². The number of carboxylic acids is 1. The first-order valence-corrected chi connectivity index (χ1v) is 17.5. The lowest BCUT2D eigenvalue weighted by Crippen LogP contribution is -2.59. The molecule has 13 N–H and O–H groups in total. The number of carbonyl (C=O) groups is 7. The Bertz CT molecular complexity index is 1570. The van der Waals surface area contributed by atoms with Crippen molar-refractivity contribution in [3.63, 3.8) is 0 Å². The molecule has 6 amide bonds. The second-order valence-corrected chi connectivity index (χ2v) is 12.9. The Hall–Kier alpha value is -5.59. The van der Waals surface area contributed by atoms with Gasteiger partial charge in [-0.3, -0.25) is 28.8 Å². The van der Waals surface area contributed by atoms with E-state index in [0.29, 0.717) is 30.5 Å². The number of hydrogen-bond acceptors (Lipinski definition) is 11. The summed E-state index contributed by atoms with van der Waals surface area (Å²) >= 11 is 0. The van der Waals surface area contributed by atoms with Gasteiger partial charge in [0.1, 0.15) is 36.0 Å². The summed E-state index contributed by atoms with van der Waals surface area (Å²) < 4.78 is 0. The smallest absolute Gasteiger partial charge is 0.326 e. The zero-order chi connectivity index (χ0) is 40.4. The van der Waals surface area contributed by atoms with Crippen LogP contribution in [-0.4, -0.2) is 112 Å². The van der Waals surface area contributed by atoms with Gasteiger partial charge in [-0.15, -0.1) is 0 Å². The van der Waals surface area contributed by atoms with Gasteiger partial charge in [-0.2, -0.15) is 0 Å². The number of hydrogen-bond donors (Lipinski definition) is 11. The van der Waals surface area contributed by atoms with Crippen LogP contribution in [-0.2, 0) is 46.4 Å². The number of carboxylic acid groups (broad SMARTS) is 1. The van der Waals surface area contributed by atoms with E-state index in [2.05, 4.69) is 31.9 Å². The maximum Gasteiger partial charge on any atom is 0.326 e. The molecule has 54 heavy (non-hydrogen) atoms. The molecule has 2 aromatic rings. The van der Waals surface area contributed by atoms with Crippen LogP contribution in [0.25, 0.3) is 0 Å². The highest BCUT2D eigenvalue weighted by Crippen LogP contribution is 2.11. The lowest BCUT2D eigenvalue weighted by molar-refractivity contribution is -0.142. The number of aliphatic carboxylic acids is 1. The molecule has 0 aliphatic rings. The predicted molar refractivity (Wildman–Crippen MR) is 196 cm³/mol. The number of nitrogens with two attached hydrogens (primary N) is 2. The zero-order valence-electron chi connectivity index (χ0n) is 30.5. The van der Waals surface area contributed by atoms with E-state index in [4.69, 9.17) is 11.5 Å². The van der Waals surface area contributed by atoms with Crippen LogP contribution in [0.3, 0.4) is 0 Å². The highest BCUT2D eigenvalue weighted by Gasteiger charge is 2.31. The highest BCUT2D eigenvalue weighted by atomic mass is 16.4. The number of benzene rings is 2. The van der Waals surface area contributed by atoms with E-state index < -0.39 is 90.3 Å². The van der Waals surface area contributed by atoms with Gasteiger partial charge in [0.15, 0.2) is 0 Å². The third-order valence-electron chi connectivity index (χ3n) is 8.21. The number of carbonyl (C=O) groups excluding carboxylic acids is 6. The van der Waals surface area contributed by atoms with Crippen molar-refractivity contribution < 1.29 is 48.9 Å². The molecule has 0 fully saturated rings. The predicted octanol–water partition coefficient (Wildman–Crippen LogP) is -2.32.